The topological polar surface area (TPSA) is 49.3 Å². The van der Waals surface area contributed by atoms with Gasteiger partial charge in [-0.3, -0.25) is 9.78 Å². The maximum Gasteiger partial charge on any atom is 0.219 e. The summed E-state index contributed by atoms with van der Waals surface area (Å²) < 4.78 is 0. The van der Waals surface area contributed by atoms with Crippen molar-refractivity contribution in [3.8, 4) is 0 Å². The molecule has 2 aromatic rings. The molecule has 21 heavy (non-hydrogen) atoms. The Kier molecular flexibility index (Phi) is 3.87. The van der Waals surface area contributed by atoms with E-state index in [1.54, 1.807) is 25.3 Å². The zero-order valence-corrected chi connectivity index (χ0v) is 13.0. The van der Waals surface area contributed by atoms with Gasteiger partial charge in [-0.1, -0.05) is 23.2 Å². The summed E-state index contributed by atoms with van der Waals surface area (Å²) in [6.45, 7) is 4.51. The van der Waals surface area contributed by atoms with Gasteiger partial charge < -0.3 is 9.80 Å². The molecule has 1 aliphatic heterocycles. The second-order valence-electron chi connectivity index (χ2n) is 4.98. The number of halogens is 2. The Morgan fingerprint density at radius 1 is 1.10 bits per heavy atom. The van der Waals surface area contributed by atoms with Gasteiger partial charge in [-0.05, 0) is 12.1 Å². The minimum Gasteiger partial charge on any atom is -0.352 e. The third kappa shape index (κ3) is 2.89. The van der Waals surface area contributed by atoms with Crippen molar-refractivity contribution < 1.29 is 4.79 Å². The summed E-state index contributed by atoms with van der Waals surface area (Å²) in [4.78, 5) is 24.3. The van der Waals surface area contributed by atoms with E-state index in [2.05, 4.69) is 14.9 Å². The fraction of sp³-hybridized carbons (Fsp3) is 0.357. The Morgan fingerprint density at radius 3 is 2.33 bits per heavy atom. The molecule has 0 saturated carbocycles. The second kappa shape index (κ2) is 5.66. The van der Waals surface area contributed by atoms with Crippen LogP contribution in [0.5, 0.6) is 0 Å². The standard InChI is InChI=1S/C14H14Cl2N4O/c1-9(21)19-2-4-20(5-3-19)14-8-17-12-6-10(15)11(16)7-13(12)18-14/h6-8H,2-5H2,1H3. The van der Waals surface area contributed by atoms with E-state index < -0.39 is 0 Å². The minimum atomic E-state index is 0.112. The molecular weight excluding hydrogens is 311 g/mol. The number of benzene rings is 1. The lowest BCUT2D eigenvalue weighted by atomic mass is 10.3. The summed E-state index contributed by atoms with van der Waals surface area (Å²) >= 11 is 12.0. The highest BCUT2D eigenvalue weighted by atomic mass is 35.5. The van der Waals surface area contributed by atoms with Crippen LogP contribution in [0.25, 0.3) is 11.0 Å². The van der Waals surface area contributed by atoms with Crippen molar-refractivity contribution in [1.82, 2.24) is 14.9 Å². The fourth-order valence-corrected chi connectivity index (χ4v) is 2.72. The van der Waals surface area contributed by atoms with E-state index in [0.29, 0.717) is 23.1 Å². The minimum absolute atomic E-state index is 0.112. The fourth-order valence-electron chi connectivity index (χ4n) is 2.40. The molecule has 1 aliphatic rings. The van der Waals surface area contributed by atoms with Crippen molar-refractivity contribution >= 4 is 46.0 Å². The summed E-state index contributed by atoms with van der Waals surface area (Å²) in [5.41, 5.74) is 1.44. The number of hydrogen-bond donors (Lipinski definition) is 0. The first-order valence-electron chi connectivity index (χ1n) is 6.67. The number of carbonyl (C=O) groups excluding carboxylic acids is 1. The molecule has 2 heterocycles. The first-order chi connectivity index (χ1) is 10.0. The van der Waals surface area contributed by atoms with E-state index in [1.807, 2.05) is 4.90 Å². The summed E-state index contributed by atoms with van der Waals surface area (Å²) in [6.07, 6.45) is 1.73. The quantitative estimate of drug-likeness (QED) is 0.809. The van der Waals surface area contributed by atoms with Gasteiger partial charge in [-0.2, -0.15) is 0 Å². The zero-order valence-electron chi connectivity index (χ0n) is 11.5. The van der Waals surface area contributed by atoms with Crippen LogP contribution in [0.3, 0.4) is 0 Å². The monoisotopic (exact) mass is 324 g/mol. The molecule has 110 valence electrons. The molecule has 1 aromatic carbocycles. The molecule has 0 N–H and O–H groups in total. The van der Waals surface area contributed by atoms with Crippen molar-refractivity contribution in [2.75, 3.05) is 31.1 Å². The maximum absolute atomic E-state index is 11.3. The van der Waals surface area contributed by atoms with E-state index >= 15 is 0 Å². The largest absolute Gasteiger partial charge is 0.352 e. The van der Waals surface area contributed by atoms with Crippen LogP contribution in [0.2, 0.25) is 10.0 Å². The molecule has 1 amide bonds. The van der Waals surface area contributed by atoms with Crippen molar-refractivity contribution in [3.63, 3.8) is 0 Å². The number of nitrogens with zero attached hydrogens (tertiary/aromatic N) is 4. The van der Waals surface area contributed by atoms with E-state index in [0.717, 1.165) is 29.9 Å². The van der Waals surface area contributed by atoms with Gasteiger partial charge in [0.15, 0.2) is 0 Å². The smallest absolute Gasteiger partial charge is 0.219 e. The molecule has 1 aromatic heterocycles. The predicted octanol–water partition coefficient (Wildman–Crippen LogP) is 2.61. The molecule has 0 spiro atoms. The van der Waals surface area contributed by atoms with Gasteiger partial charge in [-0.25, -0.2) is 4.98 Å². The Morgan fingerprint density at radius 2 is 1.71 bits per heavy atom. The molecule has 0 atom stereocenters. The van der Waals surface area contributed by atoms with Gasteiger partial charge in [0.05, 0.1) is 27.3 Å². The Balaban J connectivity index is 1.85. The highest BCUT2D eigenvalue weighted by molar-refractivity contribution is 6.42. The number of carbonyl (C=O) groups is 1. The Bertz CT molecular complexity index is 699. The molecule has 0 radical (unpaired) electrons. The van der Waals surface area contributed by atoms with Gasteiger partial charge in [0.25, 0.3) is 0 Å². The molecule has 7 heteroatoms. The molecule has 0 unspecified atom stereocenters. The van der Waals surface area contributed by atoms with E-state index in [1.165, 1.54) is 0 Å². The number of rotatable bonds is 1. The molecular formula is C14H14Cl2N4O. The first-order valence-corrected chi connectivity index (χ1v) is 7.42. The molecule has 0 bridgehead atoms. The van der Waals surface area contributed by atoms with Crippen LogP contribution in [0.4, 0.5) is 5.82 Å². The Hall–Kier alpha value is -1.59. The number of aromatic nitrogens is 2. The second-order valence-corrected chi connectivity index (χ2v) is 5.79. The third-order valence-corrected chi connectivity index (χ3v) is 4.34. The number of hydrogen-bond acceptors (Lipinski definition) is 4. The van der Waals surface area contributed by atoms with Crippen molar-refractivity contribution in [3.05, 3.63) is 28.4 Å². The van der Waals surface area contributed by atoms with Crippen LogP contribution in [-0.4, -0.2) is 47.0 Å². The lowest BCUT2D eigenvalue weighted by molar-refractivity contribution is -0.129. The summed E-state index contributed by atoms with van der Waals surface area (Å²) in [5.74, 6) is 0.907. The number of anilines is 1. The average Bonchev–Trinajstić information content (AvgIpc) is 2.48. The van der Waals surface area contributed by atoms with Crippen molar-refractivity contribution in [2.45, 2.75) is 6.92 Å². The van der Waals surface area contributed by atoms with Crippen molar-refractivity contribution in [2.24, 2.45) is 0 Å². The van der Waals surface area contributed by atoms with Crippen molar-refractivity contribution in [1.29, 1.82) is 0 Å². The van der Waals surface area contributed by atoms with Gasteiger partial charge in [0.2, 0.25) is 5.91 Å². The summed E-state index contributed by atoms with van der Waals surface area (Å²) in [6, 6.07) is 3.44. The predicted molar refractivity (Wildman–Crippen MR) is 84.0 cm³/mol. The number of piperazine rings is 1. The molecule has 0 aliphatic carbocycles. The van der Waals surface area contributed by atoms with Gasteiger partial charge in [-0.15, -0.1) is 0 Å². The third-order valence-electron chi connectivity index (χ3n) is 3.62. The van der Waals surface area contributed by atoms with E-state index in [9.17, 15) is 4.79 Å². The van der Waals surface area contributed by atoms with Gasteiger partial charge >= 0.3 is 0 Å². The molecule has 1 fully saturated rings. The van der Waals surface area contributed by atoms with Crippen LogP contribution in [-0.2, 0) is 4.79 Å². The number of amides is 1. The highest BCUT2D eigenvalue weighted by Gasteiger charge is 2.20. The van der Waals surface area contributed by atoms with Crippen LogP contribution in [0.1, 0.15) is 6.92 Å². The highest BCUT2D eigenvalue weighted by Crippen LogP contribution is 2.27. The summed E-state index contributed by atoms with van der Waals surface area (Å²) in [7, 11) is 0. The molecule has 1 saturated heterocycles. The average molecular weight is 325 g/mol. The number of fused-ring (bicyclic) bond motifs is 1. The van der Waals surface area contributed by atoms with Crippen LogP contribution in [0.15, 0.2) is 18.3 Å². The van der Waals surface area contributed by atoms with Crippen LogP contribution < -0.4 is 4.90 Å². The van der Waals surface area contributed by atoms with Gasteiger partial charge in [0.1, 0.15) is 5.82 Å². The summed E-state index contributed by atoms with van der Waals surface area (Å²) in [5, 5.41) is 0.943. The normalized spacial score (nSPS) is 15.6. The van der Waals surface area contributed by atoms with Crippen LogP contribution >= 0.6 is 23.2 Å². The SMILES string of the molecule is CC(=O)N1CCN(c2cnc3cc(Cl)c(Cl)cc3n2)CC1. The van der Waals surface area contributed by atoms with Crippen LogP contribution in [0, 0.1) is 0 Å². The molecule has 3 rings (SSSR count). The lowest BCUT2D eigenvalue weighted by Crippen LogP contribution is -2.48. The lowest BCUT2D eigenvalue weighted by Gasteiger charge is -2.34. The maximum atomic E-state index is 11.3. The Labute approximate surface area is 132 Å². The van der Waals surface area contributed by atoms with Gasteiger partial charge in [0, 0.05) is 33.1 Å². The zero-order chi connectivity index (χ0) is 15.0. The van der Waals surface area contributed by atoms with E-state index in [-0.39, 0.29) is 5.91 Å². The van der Waals surface area contributed by atoms with E-state index in [4.69, 9.17) is 23.2 Å². The molecule has 5 nitrogen and oxygen atoms in total. The first kappa shape index (κ1) is 14.4.